The Hall–Kier alpha value is -1.57. The van der Waals surface area contributed by atoms with Crippen LogP contribution in [0.2, 0.25) is 0 Å². The van der Waals surface area contributed by atoms with E-state index in [1.807, 2.05) is 12.3 Å². The van der Waals surface area contributed by atoms with Gasteiger partial charge in [0.1, 0.15) is 0 Å². The molecule has 2 nitrogen and oxygen atoms in total. The Labute approximate surface area is 121 Å². The summed E-state index contributed by atoms with van der Waals surface area (Å²) in [6, 6.07) is 9.18. The van der Waals surface area contributed by atoms with Crippen LogP contribution >= 0.6 is 0 Å². The van der Waals surface area contributed by atoms with E-state index in [-0.39, 0.29) is 0 Å². The van der Waals surface area contributed by atoms with Crippen molar-refractivity contribution in [3.63, 3.8) is 0 Å². The van der Waals surface area contributed by atoms with E-state index in [2.05, 4.69) is 49.3 Å². The number of rotatable bonds is 2. The van der Waals surface area contributed by atoms with Crippen molar-refractivity contribution >= 4 is 16.6 Å². The number of aryl methyl sites for hydroxylation is 1. The third kappa shape index (κ3) is 2.65. The first-order chi connectivity index (χ1) is 9.55. The first-order valence-electron chi connectivity index (χ1n) is 7.66. The van der Waals surface area contributed by atoms with E-state index >= 15 is 0 Å². The Balaban J connectivity index is 1.83. The van der Waals surface area contributed by atoms with E-state index in [0.29, 0.717) is 11.5 Å². The van der Waals surface area contributed by atoms with Crippen LogP contribution in [-0.2, 0) is 0 Å². The van der Waals surface area contributed by atoms with Crippen molar-refractivity contribution in [3.05, 3.63) is 36.0 Å². The van der Waals surface area contributed by atoms with E-state index in [1.165, 1.54) is 42.3 Å². The summed E-state index contributed by atoms with van der Waals surface area (Å²) in [5, 5.41) is 5.00. The van der Waals surface area contributed by atoms with Crippen LogP contribution in [0.3, 0.4) is 0 Å². The number of nitrogens with one attached hydrogen (secondary N) is 1. The number of aromatic nitrogens is 1. The van der Waals surface area contributed by atoms with E-state index < -0.39 is 0 Å². The molecule has 1 saturated carbocycles. The molecule has 2 aromatic rings. The quantitative estimate of drug-likeness (QED) is 0.836. The minimum absolute atomic E-state index is 0.523. The molecule has 1 N–H and O–H groups in total. The van der Waals surface area contributed by atoms with Crippen LogP contribution in [-0.4, -0.2) is 11.0 Å². The maximum absolute atomic E-state index is 4.52. The molecule has 0 atom stereocenters. The third-order valence-corrected chi connectivity index (χ3v) is 4.67. The van der Waals surface area contributed by atoms with Gasteiger partial charge >= 0.3 is 0 Å². The number of benzene rings is 1. The molecule has 1 aliphatic rings. The predicted octanol–water partition coefficient (Wildman–Crippen LogP) is 4.92. The molecule has 0 unspecified atom stereocenters. The highest BCUT2D eigenvalue weighted by atomic mass is 14.9. The summed E-state index contributed by atoms with van der Waals surface area (Å²) in [5.41, 5.74) is 4.13. The fraction of sp³-hybridized carbons (Fsp3) is 0.500. The Kier molecular flexibility index (Phi) is 3.41. The van der Waals surface area contributed by atoms with Crippen molar-refractivity contribution in [2.75, 3.05) is 5.32 Å². The molecule has 20 heavy (non-hydrogen) atoms. The molecule has 1 aliphatic carbocycles. The van der Waals surface area contributed by atoms with Gasteiger partial charge in [-0.05, 0) is 61.8 Å². The standard InChI is InChI=1S/C18H24N2/c1-13-6-7-16(15-5-4-12-19-17(13)15)20-14-8-10-18(2,3)11-9-14/h4-7,12,14,20H,8-11H2,1-3H3. The smallest absolute Gasteiger partial charge is 0.0751 e. The molecule has 0 radical (unpaired) electrons. The second kappa shape index (κ2) is 5.08. The molecule has 1 aromatic carbocycles. The summed E-state index contributed by atoms with van der Waals surface area (Å²) >= 11 is 0. The largest absolute Gasteiger partial charge is 0.382 e. The van der Waals surface area contributed by atoms with Gasteiger partial charge in [-0.2, -0.15) is 0 Å². The first-order valence-corrected chi connectivity index (χ1v) is 7.66. The molecule has 0 amide bonds. The van der Waals surface area contributed by atoms with Crippen molar-refractivity contribution in [3.8, 4) is 0 Å². The molecule has 1 aromatic heterocycles. The average Bonchev–Trinajstić information content (AvgIpc) is 2.44. The van der Waals surface area contributed by atoms with Crippen LogP contribution < -0.4 is 5.32 Å². The highest BCUT2D eigenvalue weighted by molar-refractivity contribution is 5.93. The summed E-state index contributed by atoms with van der Waals surface area (Å²) in [4.78, 5) is 4.52. The van der Waals surface area contributed by atoms with Crippen LogP contribution in [0.15, 0.2) is 30.5 Å². The van der Waals surface area contributed by atoms with E-state index in [4.69, 9.17) is 0 Å². The van der Waals surface area contributed by atoms with Crippen LogP contribution in [0.25, 0.3) is 10.9 Å². The van der Waals surface area contributed by atoms with Gasteiger partial charge in [0.25, 0.3) is 0 Å². The monoisotopic (exact) mass is 268 g/mol. The molecule has 1 fully saturated rings. The Bertz CT molecular complexity index is 606. The fourth-order valence-corrected chi connectivity index (χ4v) is 3.20. The topological polar surface area (TPSA) is 24.9 Å². The van der Waals surface area contributed by atoms with Gasteiger partial charge < -0.3 is 5.32 Å². The average molecular weight is 268 g/mol. The summed E-state index contributed by atoms with van der Waals surface area (Å²) in [6.45, 7) is 6.89. The zero-order valence-electron chi connectivity index (χ0n) is 12.7. The first kappa shape index (κ1) is 13.4. The lowest BCUT2D eigenvalue weighted by Crippen LogP contribution is -2.29. The number of hydrogen-bond acceptors (Lipinski definition) is 2. The van der Waals surface area contributed by atoms with Crippen LogP contribution in [0.1, 0.15) is 45.1 Å². The van der Waals surface area contributed by atoms with Gasteiger partial charge in [-0.15, -0.1) is 0 Å². The van der Waals surface area contributed by atoms with Crippen molar-refractivity contribution in [2.24, 2.45) is 5.41 Å². The molecule has 106 valence electrons. The molecule has 0 saturated heterocycles. The Morgan fingerprint density at radius 3 is 2.65 bits per heavy atom. The maximum Gasteiger partial charge on any atom is 0.0751 e. The lowest BCUT2D eigenvalue weighted by molar-refractivity contribution is 0.232. The van der Waals surface area contributed by atoms with E-state index in [1.54, 1.807) is 0 Å². The summed E-state index contributed by atoms with van der Waals surface area (Å²) in [5.74, 6) is 0. The third-order valence-electron chi connectivity index (χ3n) is 4.67. The molecule has 1 heterocycles. The lowest BCUT2D eigenvalue weighted by Gasteiger charge is -2.35. The van der Waals surface area contributed by atoms with E-state index in [0.717, 1.165) is 5.52 Å². The molecular formula is C18H24N2. The molecule has 0 bridgehead atoms. The van der Waals surface area contributed by atoms with Gasteiger partial charge in [0.05, 0.1) is 5.52 Å². The zero-order chi connectivity index (χ0) is 14.2. The second-order valence-corrected chi connectivity index (χ2v) is 6.91. The van der Waals surface area contributed by atoms with Crippen molar-refractivity contribution in [1.82, 2.24) is 4.98 Å². The van der Waals surface area contributed by atoms with Crippen LogP contribution in [0, 0.1) is 12.3 Å². The van der Waals surface area contributed by atoms with Gasteiger partial charge in [-0.25, -0.2) is 0 Å². The SMILES string of the molecule is Cc1ccc(NC2CCC(C)(C)CC2)c2cccnc12. The number of fused-ring (bicyclic) bond motifs is 1. The van der Waals surface area contributed by atoms with Crippen molar-refractivity contribution in [2.45, 2.75) is 52.5 Å². The minimum atomic E-state index is 0.523. The molecule has 0 aliphatic heterocycles. The summed E-state index contributed by atoms with van der Waals surface area (Å²) < 4.78 is 0. The number of nitrogens with zero attached hydrogens (tertiary/aromatic N) is 1. The number of hydrogen-bond donors (Lipinski definition) is 1. The fourth-order valence-electron chi connectivity index (χ4n) is 3.20. The van der Waals surface area contributed by atoms with E-state index in [9.17, 15) is 0 Å². The molecule has 2 heteroatoms. The van der Waals surface area contributed by atoms with Gasteiger partial charge in [0.15, 0.2) is 0 Å². The normalized spacial score (nSPS) is 19.1. The zero-order valence-corrected chi connectivity index (χ0v) is 12.7. The molecule has 0 spiro atoms. The van der Waals surface area contributed by atoms with Gasteiger partial charge in [-0.1, -0.05) is 19.9 Å². The Morgan fingerprint density at radius 1 is 1.15 bits per heavy atom. The van der Waals surface area contributed by atoms with Gasteiger partial charge in [0.2, 0.25) is 0 Å². The minimum Gasteiger partial charge on any atom is -0.382 e. The number of pyridine rings is 1. The highest BCUT2D eigenvalue weighted by Gasteiger charge is 2.26. The highest BCUT2D eigenvalue weighted by Crippen LogP contribution is 2.37. The van der Waals surface area contributed by atoms with Gasteiger partial charge in [0, 0.05) is 23.3 Å². The van der Waals surface area contributed by atoms with Crippen LogP contribution in [0.5, 0.6) is 0 Å². The summed E-state index contributed by atoms with van der Waals surface area (Å²) in [7, 11) is 0. The van der Waals surface area contributed by atoms with Crippen molar-refractivity contribution in [1.29, 1.82) is 0 Å². The maximum atomic E-state index is 4.52. The number of anilines is 1. The summed E-state index contributed by atoms with van der Waals surface area (Å²) in [6.07, 6.45) is 7.03. The second-order valence-electron chi connectivity index (χ2n) is 6.91. The Morgan fingerprint density at radius 2 is 1.90 bits per heavy atom. The van der Waals surface area contributed by atoms with Crippen LogP contribution in [0.4, 0.5) is 5.69 Å². The predicted molar refractivity (Wildman–Crippen MR) is 86.1 cm³/mol. The molecule has 3 rings (SSSR count). The lowest BCUT2D eigenvalue weighted by atomic mass is 9.75. The van der Waals surface area contributed by atoms with Crippen molar-refractivity contribution < 1.29 is 0 Å². The van der Waals surface area contributed by atoms with Gasteiger partial charge in [-0.3, -0.25) is 4.98 Å². The molecular weight excluding hydrogens is 244 g/mol.